The van der Waals surface area contributed by atoms with Crippen molar-refractivity contribution < 1.29 is 14.3 Å². The van der Waals surface area contributed by atoms with Gasteiger partial charge in [0.25, 0.3) is 0 Å². The van der Waals surface area contributed by atoms with Crippen LogP contribution in [-0.4, -0.2) is 41.6 Å². The lowest BCUT2D eigenvalue weighted by atomic mass is 10.0. The van der Waals surface area contributed by atoms with Crippen molar-refractivity contribution in [3.05, 3.63) is 0 Å². The van der Waals surface area contributed by atoms with Crippen LogP contribution < -0.4 is 5.32 Å². The Labute approximate surface area is 133 Å². The van der Waals surface area contributed by atoms with Crippen molar-refractivity contribution in [3.63, 3.8) is 0 Å². The molecule has 0 spiro atoms. The molecule has 0 aromatic carbocycles. The van der Waals surface area contributed by atoms with Crippen LogP contribution in [0.3, 0.4) is 0 Å². The Hall–Kier alpha value is -1.26. The smallest absolute Gasteiger partial charge is 0.408 e. The molecule has 1 heterocycles. The van der Waals surface area contributed by atoms with Crippen LogP contribution >= 0.6 is 0 Å². The van der Waals surface area contributed by atoms with Crippen LogP contribution in [0.15, 0.2) is 0 Å². The van der Waals surface area contributed by atoms with E-state index < -0.39 is 17.7 Å². The molecule has 1 saturated heterocycles. The summed E-state index contributed by atoms with van der Waals surface area (Å²) < 4.78 is 5.27. The third-order valence-electron chi connectivity index (χ3n) is 5.04. The van der Waals surface area contributed by atoms with Gasteiger partial charge < -0.3 is 15.0 Å². The fraction of sp³-hybridized carbons (Fsp3) is 0.882. The highest BCUT2D eigenvalue weighted by atomic mass is 16.6. The minimum Gasteiger partial charge on any atom is -0.444 e. The van der Waals surface area contributed by atoms with E-state index in [1.165, 1.54) is 0 Å². The zero-order valence-corrected chi connectivity index (χ0v) is 14.9. The molecule has 2 fully saturated rings. The first kappa shape index (κ1) is 17.1. The largest absolute Gasteiger partial charge is 0.444 e. The van der Waals surface area contributed by atoms with Gasteiger partial charge in [0.05, 0.1) is 0 Å². The second-order valence-corrected chi connectivity index (χ2v) is 8.65. The molecule has 0 radical (unpaired) electrons. The zero-order chi connectivity index (χ0) is 16.9. The number of fused-ring (bicyclic) bond motifs is 1. The molecule has 126 valence electrons. The minimum atomic E-state index is -0.562. The summed E-state index contributed by atoms with van der Waals surface area (Å²) >= 11 is 0. The van der Waals surface area contributed by atoms with Gasteiger partial charge in [0, 0.05) is 13.1 Å². The molecule has 2 aliphatic rings. The van der Waals surface area contributed by atoms with E-state index in [1.54, 1.807) is 0 Å². The summed E-state index contributed by atoms with van der Waals surface area (Å²) in [7, 11) is 0. The highest BCUT2D eigenvalue weighted by Gasteiger charge is 2.62. The number of ether oxygens (including phenoxy) is 1. The minimum absolute atomic E-state index is 0.0175. The maximum absolute atomic E-state index is 12.7. The molecule has 2 rings (SSSR count). The first-order valence-corrected chi connectivity index (χ1v) is 8.22. The van der Waals surface area contributed by atoms with Crippen molar-refractivity contribution in [2.24, 2.45) is 23.2 Å². The topological polar surface area (TPSA) is 58.6 Å². The zero-order valence-electron chi connectivity index (χ0n) is 14.9. The fourth-order valence-corrected chi connectivity index (χ4v) is 3.46. The third kappa shape index (κ3) is 3.39. The van der Waals surface area contributed by atoms with Crippen LogP contribution in [0.4, 0.5) is 4.79 Å². The van der Waals surface area contributed by atoms with Crippen LogP contribution in [0.25, 0.3) is 0 Å². The normalized spacial score (nSPS) is 27.4. The van der Waals surface area contributed by atoms with Gasteiger partial charge in [-0.15, -0.1) is 0 Å². The van der Waals surface area contributed by atoms with Gasteiger partial charge in [-0.1, -0.05) is 27.7 Å². The van der Waals surface area contributed by atoms with E-state index >= 15 is 0 Å². The monoisotopic (exact) mass is 310 g/mol. The van der Waals surface area contributed by atoms with Crippen LogP contribution in [0, 0.1) is 23.2 Å². The van der Waals surface area contributed by atoms with Crippen LogP contribution in [0.1, 0.15) is 48.5 Å². The predicted molar refractivity (Wildman–Crippen MR) is 85.3 cm³/mol. The molecule has 1 saturated carbocycles. The first-order chi connectivity index (χ1) is 9.93. The number of hydrogen-bond donors (Lipinski definition) is 1. The lowest BCUT2D eigenvalue weighted by molar-refractivity contribution is -0.134. The number of likely N-dealkylation sites (tertiary alicyclic amines) is 1. The van der Waals surface area contributed by atoms with Crippen molar-refractivity contribution in [3.8, 4) is 0 Å². The molecule has 0 aromatic rings. The average molecular weight is 310 g/mol. The van der Waals surface area contributed by atoms with E-state index in [1.807, 2.05) is 39.5 Å². The molecule has 5 nitrogen and oxygen atoms in total. The standard InChI is InChI=1S/C17H30N2O3/c1-10(2)13(18-15(21)22-16(3,4)5)14(20)19-8-11-12(9-19)17(11,6)7/h10-13H,8-9H2,1-7H3,(H,18,21)/t11-,12+,13-/m0/s1. The van der Waals surface area contributed by atoms with E-state index in [0.717, 1.165) is 13.1 Å². The molecule has 3 atom stereocenters. The lowest BCUT2D eigenvalue weighted by Gasteiger charge is -2.30. The Morgan fingerprint density at radius 3 is 2.09 bits per heavy atom. The summed E-state index contributed by atoms with van der Waals surface area (Å²) in [5.41, 5.74) is -0.184. The molecule has 1 N–H and O–H groups in total. The summed E-state index contributed by atoms with van der Waals surface area (Å²) in [4.78, 5) is 26.6. The second-order valence-electron chi connectivity index (χ2n) is 8.65. The molecule has 0 aromatic heterocycles. The lowest BCUT2D eigenvalue weighted by Crippen LogP contribution is -2.52. The van der Waals surface area contributed by atoms with Crippen LogP contribution in [0.2, 0.25) is 0 Å². The quantitative estimate of drug-likeness (QED) is 0.872. The van der Waals surface area contributed by atoms with E-state index in [0.29, 0.717) is 17.3 Å². The van der Waals surface area contributed by atoms with Gasteiger partial charge in [0.1, 0.15) is 11.6 Å². The molecule has 5 heteroatoms. The number of rotatable bonds is 3. The van der Waals surface area contributed by atoms with Gasteiger partial charge in [0.2, 0.25) is 5.91 Å². The first-order valence-electron chi connectivity index (χ1n) is 8.22. The van der Waals surface area contributed by atoms with Gasteiger partial charge >= 0.3 is 6.09 Å². The van der Waals surface area contributed by atoms with E-state index in [2.05, 4.69) is 19.2 Å². The number of hydrogen-bond acceptors (Lipinski definition) is 3. The molecule has 0 bridgehead atoms. The fourth-order valence-electron chi connectivity index (χ4n) is 3.46. The Morgan fingerprint density at radius 2 is 1.68 bits per heavy atom. The van der Waals surface area contributed by atoms with Gasteiger partial charge in [-0.3, -0.25) is 4.79 Å². The van der Waals surface area contributed by atoms with Gasteiger partial charge in [-0.25, -0.2) is 4.79 Å². The maximum Gasteiger partial charge on any atom is 0.408 e. The van der Waals surface area contributed by atoms with Gasteiger partial charge in [-0.2, -0.15) is 0 Å². The SMILES string of the molecule is CC(C)[C@H](NC(=O)OC(C)(C)C)C(=O)N1C[C@@H]2[C@H](C1)C2(C)C. The Bertz CT molecular complexity index is 451. The van der Waals surface area contributed by atoms with Crippen molar-refractivity contribution in [1.82, 2.24) is 10.2 Å². The van der Waals surface area contributed by atoms with E-state index in [9.17, 15) is 9.59 Å². The van der Waals surface area contributed by atoms with Crippen LogP contribution in [-0.2, 0) is 9.53 Å². The average Bonchev–Trinajstić information content (AvgIpc) is 2.76. The molecule has 2 amide bonds. The third-order valence-corrected chi connectivity index (χ3v) is 5.04. The number of amides is 2. The molecule has 22 heavy (non-hydrogen) atoms. The number of carbonyl (C=O) groups excluding carboxylic acids is 2. The molecular weight excluding hydrogens is 280 g/mol. The number of piperidine rings is 1. The number of alkyl carbamates (subject to hydrolysis) is 1. The second kappa shape index (κ2) is 5.43. The van der Waals surface area contributed by atoms with E-state index in [-0.39, 0.29) is 11.8 Å². The highest BCUT2D eigenvalue weighted by molar-refractivity contribution is 5.86. The summed E-state index contributed by atoms with van der Waals surface area (Å²) in [6.45, 7) is 15.5. The predicted octanol–water partition coefficient (Wildman–Crippen LogP) is 2.65. The van der Waals surface area contributed by atoms with Gasteiger partial charge in [0.15, 0.2) is 0 Å². The van der Waals surface area contributed by atoms with Crippen molar-refractivity contribution in [1.29, 1.82) is 0 Å². The number of carbonyl (C=O) groups is 2. The molecule has 1 aliphatic heterocycles. The summed E-state index contributed by atoms with van der Waals surface area (Å²) in [5, 5.41) is 2.75. The summed E-state index contributed by atoms with van der Waals surface area (Å²) in [5.74, 6) is 1.28. The number of nitrogens with one attached hydrogen (secondary N) is 1. The Kier molecular flexibility index (Phi) is 4.22. The van der Waals surface area contributed by atoms with Gasteiger partial charge in [-0.05, 0) is 43.9 Å². The molecule has 0 unspecified atom stereocenters. The maximum atomic E-state index is 12.7. The summed E-state index contributed by atoms with van der Waals surface area (Å²) in [6.07, 6.45) is -0.524. The van der Waals surface area contributed by atoms with Crippen molar-refractivity contribution in [2.75, 3.05) is 13.1 Å². The summed E-state index contributed by atoms with van der Waals surface area (Å²) in [6, 6.07) is -0.518. The number of nitrogens with zero attached hydrogens (tertiary/aromatic N) is 1. The Morgan fingerprint density at radius 1 is 1.18 bits per heavy atom. The highest BCUT2D eigenvalue weighted by Crippen LogP contribution is 2.61. The van der Waals surface area contributed by atoms with Crippen molar-refractivity contribution in [2.45, 2.75) is 60.1 Å². The van der Waals surface area contributed by atoms with E-state index in [4.69, 9.17) is 4.74 Å². The van der Waals surface area contributed by atoms with Crippen molar-refractivity contribution >= 4 is 12.0 Å². The Balaban J connectivity index is 1.94. The molecule has 1 aliphatic carbocycles. The van der Waals surface area contributed by atoms with Crippen LogP contribution in [0.5, 0.6) is 0 Å². The molecular formula is C17H30N2O3.